The number of hydrogen-bond donors (Lipinski definition) is 1. The van der Waals surface area contributed by atoms with E-state index in [1.807, 2.05) is 19.1 Å². The van der Waals surface area contributed by atoms with Crippen LogP contribution in [0.25, 0.3) is 0 Å². The number of aromatic nitrogens is 1. The van der Waals surface area contributed by atoms with Gasteiger partial charge in [0, 0.05) is 17.8 Å². The lowest BCUT2D eigenvalue weighted by molar-refractivity contribution is 0.0950. The molecule has 20 heavy (non-hydrogen) atoms. The second-order valence-electron chi connectivity index (χ2n) is 4.67. The molecule has 0 aliphatic heterocycles. The number of nitrogens with zero attached hydrogens (tertiary/aromatic N) is 1. The number of halogens is 1. The average molecular weight is 289 g/mol. The molecule has 0 saturated heterocycles. The van der Waals surface area contributed by atoms with Gasteiger partial charge in [-0.25, -0.2) is 4.98 Å². The van der Waals surface area contributed by atoms with E-state index in [1.54, 1.807) is 12.1 Å². The first-order valence-corrected chi connectivity index (χ1v) is 6.96. The second kappa shape index (κ2) is 6.53. The van der Waals surface area contributed by atoms with Crippen molar-refractivity contribution in [3.05, 3.63) is 63.9 Å². The van der Waals surface area contributed by atoms with Crippen LogP contribution in [-0.4, -0.2) is 10.9 Å². The summed E-state index contributed by atoms with van der Waals surface area (Å²) in [6.45, 7) is 4.43. The molecule has 104 valence electrons. The van der Waals surface area contributed by atoms with Crippen LogP contribution >= 0.6 is 11.6 Å². The summed E-state index contributed by atoms with van der Waals surface area (Å²) in [4.78, 5) is 16.1. The van der Waals surface area contributed by atoms with Gasteiger partial charge in [0.25, 0.3) is 5.91 Å². The number of amides is 1. The zero-order chi connectivity index (χ0) is 14.5. The van der Waals surface area contributed by atoms with E-state index < -0.39 is 0 Å². The van der Waals surface area contributed by atoms with E-state index in [0.717, 1.165) is 17.7 Å². The van der Waals surface area contributed by atoms with Crippen molar-refractivity contribution in [1.29, 1.82) is 0 Å². The molecule has 0 fully saturated rings. The molecule has 0 spiro atoms. The van der Waals surface area contributed by atoms with Crippen LogP contribution in [0.2, 0.25) is 5.15 Å². The van der Waals surface area contributed by atoms with Gasteiger partial charge in [-0.2, -0.15) is 0 Å². The maximum Gasteiger partial charge on any atom is 0.251 e. The Morgan fingerprint density at radius 1 is 1.20 bits per heavy atom. The Labute approximate surface area is 124 Å². The Hall–Kier alpha value is -1.87. The van der Waals surface area contributed by atoms with Gasteiger partial charge in [-0.1, -0.05) is 42.8 Å². The van der Waals surface area contributed by atoms with Crippen molar-refractivity contribution in [1.82, 2.24) is 10.3 Å². The van der Waals surface area contributed by atoms with Crippen LogP contribution in [-0.2, 0) is 13.0 Å². The molecule has 0 aliphatic rings. The highest BCUT2D eigenvalue weighted by Crippen LogP contribution is 2.11. The third-order valence-electron chi connectivity index (χ3n) is 3.07. The number of rotatable bonds is 4. The van der Waals surface area contributed by atoms with Crippen molar-refractivity contribution >= 4 is 17.5 Å². The molecule has 0 radical (unpaired) electrons. The Morgan fingerprint density at radius 2 is 1.85 bits per heavy atom. The van der Waals surface area contributed by atoms with E-state index in [-0.39, 0.29) is 5.91 Å². The smallest absolute Gasteiger partial charge is 0.251 e. The van der Waals surface area contributed by atoms with Gasteiger partial charge in [0.1, 0.15) is 5.15 Å². The van der Waals surface area contributed by atoms with E-state index >= 15 is 0 Å². The van der Waals surface area contributed by atoms with Gasteiger partial charge in [0.05, 0.1) is 0 Å². The minimum atomic E-state index is -0.142. The topological polar surface area (TPSA) is 42.0 Å². The van der Waals surface area contributed by atoms with E-state index in [2.05, 4.69) is 29.4 Å². The summed E-state index contributed by atoms with van der Waals surface area (Å²) in [5.74, 6) is -0.142. The number of pyridine rings is 1. The molecule has 1 amide bonds. The fraction of sp³-hybridized carbons (Fsp3) is 0.250. The molecule has 0 saturated carbocycles. The Balaban J connectivity index is 2.00. The molecule has 4 heteroatoms. The maximum atomic E-state index is 12.0. The molecule has 1 aromatic heterocycles. The van der Waals surface area contributed by atoms with Gasteiger partial charge in [-0.05, 0) is 36.6 Å². The molecule has 1 heterocycles. The van der Waals surface area contributed by atoms with Crippen molar-refractivity contribution < 1.29 is 4.79 Å². The number of hydrogen-bond acceptors (Lipinski definition) is 2. The lowest BCUT2D eigenvalue weighted by Gasteiger charge is -2.07. The molecular formula is C16H17ClN2O. The van der Waals surface area contributed by atoms with Crippen molar-refractivity contribution in [3.8, 4) is 0 Å². The average Bonchev–Trinajstić information content (AvgIpc) is 2.44. The largest absolute Gasteiger partial charge is 0.348 e. The summed E-state index contributed by atoms with van der Waals surface area (Å²) in [5, 5.41) is 3.22. The van der Waals surface area contributed by atoms with Crippen LogP contribution in [0.3, 0.4) is 0 Å². The highest BCUT2D eigenvalue weighted by atomic mass is 35.5. The van der Waals surface area contributed by atoms with E-state index in [4.69, 9.17) is 11.6 Å². The molecule has 1 N–H and O–H groups in total. The molecule has 2 aromatic rings. The lowest BCUT2D eigenvalue weighted by Crippen LogP contribution is -2.23. The van der Waals surface area contributed by atoms with Crippen LogP contribution in [0, 0.1) is 6.92 Å². The van der Waals surface area contributed by atoms with Gasteiger partial charge in [-0.15, -0.1) is 0 Å². The van der Waals surface area contributed by atoms with Gasteiger partial charge in [-0.3, -0.25) is 4.79 Å². The highest BCUT2D eigenvalue weighted by Gasteiger charge is 2.07. The number of benzene rings is 1. The van der Waals surface area contributed by atoms with Crippen molar-refractivity contribution in [2.45, 2.75) is 26.8 Å². The van der Waals surface area contributed by atoms with Gasteiger partial charge >= 0.3 is 0 Å². The zero-order valence-corrected chi connectivity index (χ0v) is 12.4. The van der Waals surface area contributed by atoms with Crippen LogP contribution in [0.4, 0.5) is 0 Å². The van der Waals surface area contributed by atoms with Gasteiger partial charge in [0.2, 0.25) is 0 Å². The molecule has 0 unspecified atom stereocenters. The maximum absolute atomic E-state index is 12.0. The fourth-order valence-electron chi connectivity index (χ4n) is 1.94. The molecule has 3 nitrogen and oxygen atoms in total. The van der Waals surface area contributed by atoms with Crippen molar-refractivity contribution in [3.63, 3.8) is 0 Å². The third kappa shape index (κ3) is 3.81. The monoisotopic (exact) mass is 288 g/mol. The lowest BCUT2D eigenvalue weighted by atomic mass is 10.1. The van der Waals surface area contributed by atoms with Crippen LogP contribution < -0.4 is 5.32 Å². The minimum absolute atomic E-state index is 0.142. The number of carbonyl (C=O) groups excluding carboxylic acids is 1. The summed E-state index contributed by atoms with van der Waals surface area (Å²) in [5.41, 5.74) is 3.63. The predicted octanol–water partition coefficient (Wildman–Crippen LogP) is 3.54. The summed E-state index contributed by atoms with van der Waals surface area (Å²) in [7, 11) is 0. The summed E-state index contributed by atoms with van der Waals surface area (Å²) in [6.07, 6.45) is 1.02. The molecule has 1 aromatic carbocycles. The number of nitrogens with one attached hydrogen (secondary N) is 1. The first-order chi connectivity index (χ1) is 9.58. The highest BCUT2D eigenvalue weighted by molar-refractivity contribution is 6.29. The quantitative estimate of drug-likeness (QED) is 0.875. The molecule has 2 rings (SSSR count). The minimum Gasteiger partial charge on any atom is -0.348 e. The first kappa shape index (κ1) is 14.5. The second-order valence-corrected chi connectivity index (χ2v) is 5.06. The predicted molar refractivity (Wildman–Crippen MR) is 81.0 cm³/mol. The Morgan fingerprint density at radius 3 is 2.45 bits per heavy atom. The molecular weight excluding hydrogens is 272 g/mol. The van der Waals surface area contributed by atoms with Crippen molar-refractivity contribution in [2.75, 3.05) is 0 Å². The fourth-order valence-corrected chi connectivity index (χ4v) is 2.19. The van der Waals surface area contributed by atoms with Gasteiger partial charge in [0.15, 0.2) is 0 Å². The van der Waals surface area contributed by atoms with E-state index in [1.165, 1.54) is 5.56 Å². The summed E-state index contributed by atoms with van der Waals surface area (Å²) in [6, 6.07) is 11.5. The SMILES string of the molecule is CCc1ccc(CNC(=O)c2cc(C)nc(Cl)c2)cc1. The number of carbonyl (C=O) groups is 1. The standard InChI is InChI=1S/C16H17ClN2O/c1-3-12-4-6-13(7-5-12)10-18-16(20)14-8-11(2)19-15(17)9-14/h4-9H,3,10H2,1-2H3,(H,18,20). The number of aryl methyl sites for hydroxylation is 2. The summed E-state index contributed by atoms with van der Waals surface area (Å²) < 4.78 is 0. The van der Waals surface area contributed by atoms with Crippen molar-refractivity contribution in [2.24, 2.45) is 0 Å². The molecule has 0 atom stereocenters. The molecule has 0 aliphatic carbocycles. The van der Waals surface area contributed by atoms with E-state index in [0.29, 0.717) is 17.3 Å². The van der Waals surface area contributed by atoms with E-state index in [9.17, 15) is 4.79 Å². The van der Waals surface area contributed by atoms with Gasteiger partial charge < -0.3 is 5.32 Å². The first-order valence-electron chi connectivity index (χ1n) is 6.58. The summed E-state index contributed by atoms with van der Waals surface area (Å²) >= 11 is 5.85. The third-order valence-corrected chi connectivity index (χ3v) is 3.26. The normalized spacial score (nSPS) is 10.3. The van der Waals surface area contributed by atoms with Crippen LogP contribution in [0.5, 0.6) is 0 Å². The Kier molecular flexibility index (Phi) is 4.74. The molecule has 0 bridgehead atoms. The zero-order valence-electron chi connectivity index (χ0n) is 11.6. The van der Waals surface area contributed by atoms with Crippen LogP contribution in [0.1, 0.15) is 34.1 Å². The Bertz CT molecular complexity index is 588. The van der Waals surface area contributed by atoms with Crippen LogP contribution in [0.15, 0.2) is 36.4 Å².